The average Bonchev–Trinajstić information content (AvgIpc) is 2.67. The van der Waals surface area contributed by atoms with E-state index in [1.807, 2.05) is 0 Å². The fourth-order valence-electron chi connectivity index (χ4n) is 2.28. The number of anilines is 1. The van der Waals surface area contributed by atoms with Gasteiger partial charge in [-0.25, -0.2) is 0 Å². The zero-order chi connectivity index (χ0) is 18.8. The lowest BCUT2D eigenvalue weighted by molar-refractivity contribution is 0.0959. The number of benzene rings is 2. The number of ether oxygens (including phenoxy) is 1. The largest absolute Gasteiger partial charge is 0.494 e. The van der Waals surface area contributed by atoms with Crippen LogP contribution in [0.2, 0.25) is 0 Å². The molecule has 2 N–H and O–H groups in total. The number of amides is 2. The van der Waals surface area contributed by atoms with Crippen LogP contribution in [-0.2, 0) is 0 Å². The van der Waals surface area contributed by atoms with Gasteiger partial charge in [0.05, 0.1) is 17.9 Å². The molecule has 136 valence electrons. The van der Waals surface area contributed by atoms with Crippen LogP contribution in [0, 0.1) is 0 Å². The van der Waals surface area contributed by atoms with Crippen molar-refractivity contribution in [1.82, 2.24) is 5.32 Å². The minimum absolute atomic E-state index is 0.263. The first-order valence-electron chi connectivity index (χ1n) is 8.68. The molecule has 5 heteroatoms. The standard InChI is InChI=1S/C21H24N2O3/c1-3-5-15-26-17-12-10-16(11-13-17)20(24)23-19-9-7-6-8-18(19)21(25)22-14-4-2/h4,6-13H,2-3,5,14-15H2,1H3,(H,22,25)(H,23,24). The SMILES string of the molecule is C=CCNC(=O)c1ccccc1NC(=O)c1ccc(OCCCC)cc1. The molecule has 0 atom stereocenters. The summed E-state index contributed by atoms with van der Waals surface area (Å²) >= 11 is 0. The predicted molar refractivity (Wildman–Crippen MR) is 104 cm³/mol. The number of para-hydroxylation sites is 1. The number of carbonyl (C=O) groups is 2. The lowest BCUT2D eigenvalue weighted by Crippen LogP contribution is -2.25. The summed E-state index contributed by atoms with van der Waals surface area (Å²) in [5, 5.41) is 5.50. The Bertz CT molecular complexity index is 754. The van der Waals surface area contributed by atoms with Gasteiger partial charge in [0.1, 0.15) is 5.75 Å². The Morgan fingerprint density at radius 3 is 2.50 bits per heavy atom. The number of hydrogen-bond acceptors (Lipinski definition) is 3. The highest BCUT2D eigenvalue weighted by molar-refractivity contribution is 6.09. The molecule has 26 heavy (non-hydrogen) atoms. The van der Waals surface area contributed by atoms with Crippen LogP contribution in [0.4, 0.5) is 5.69 Å². The minimum atomic E-state index is -0.283. The normalized spacial score (nSPS) is 10.0. The molecule has 2 rings (SSSR count). The first-order valence-corrected chi connectivity index (χ1v) is 8.68. The maximum absolute atomic E-state index is 12.5. The van der Waals surface area contributed by atoms with E-state index in [1.54, 1.807) is 54.6 Å². The van der Waals surface area contributed by atoms with Crippen LogP contribution in [0.3, 0.4) is 0 Å². The zero-order valence-corrected chi connectivity index (χ0v) is 15.0. The molecule has 0 heterocycles. The maximum Gasteiger partial charge on any atom is 0.255 e. The first kappa shape index (κ1) is 19.2. The van der Waals surface area contributed by atoms with Crippen molar-refractivity contribution >= 4 is 17.5 Å². The Morgan fingerprint density at radius 2 is 1.81 bits per heavy atom. The van der Waals surface area contributed by atoms with Gasteiger partial charge in [-0.2, -0.15) is 0 Å². The summed E-state index contributed by atoms with van der Waals surface area (Å²) in [6.45, 7) is 6.70. The summed E-state index contributed by atoms with van der Waals surface area (Å²) in [5.41, 5.74) is 1.36. The molecule has 0 fully saturated rings. The second-order valence-corrected chi connectivity index (χ2v) is 5.72. The molecule has 2 aromatic rings. The molecule has 0 radical (unpaired) electrons. The van der Waals surface area contributed by atoms with Crippen molar-refractivity contribution in [3.63, 3.8) is 0 Å². The Hall–Kier alpha value is -3.08. The van der Waals surface area contributed by atoms with E-state index >= 15 is 0 Å². The van der Waals surface area contributed by atoms with Crippen LogP contribution >= 0.6 is 0 Å². The molecule has 5 nitrogen and oxygen atoms in total. The van der Waals surface area contributed by atoms with Crippen molar-refractivity contribution in [2.24, 2.45) is 0 Å². The van der Waals surface area contributed by atoms with Crippen LogP contribution in [0.15, 0.2) is 61.2 Å². The van der Waals surface area contributed by atoms with Crippen molar-refractivity contribution in [1.29, 1.82) is 0 Å². The van der Waals surface area contributed by atoms with Crippen molar-refractivity contribution in [3.05, 3.63) is 72.3 Å². The summed E-state index contributed by atoms with van der Waals surface area (Å²) in [6, 6.07) is 13.8. The van der Waals surface area contributed by atoms with Crippen molar-refractivity contribution in [2.75, 3.05) is 18.5 Å². The molecular weight excluding hydrogens is 328 g/mol. The third-order valence-electron chi connectivity index (χ3n) is 3.71. The summed E-state index contributed by atoms with van der Waals surface area (Å²) < 4.78 is 5.59. The lowest BCUT2D eigenvalue weighted by atomic mass is 10.1. The average molecular weight is 352 g/mol. The highest BCUT2D eigenvalue weighted by atomic mass is 16.5. The zero-order valence-electron chi connectivity index (χ0n) is 15.0. The second-order valence-electron chi connectivity index (χ2n) is 5.72. The van der Waals surface area contributed by atoms with Crippen LogP contribution in [0.1, 0.15) is 40.5 Å². The van der Waals surface area contributed by atoms with Crippen LogP contribution in [0.5, 0.6) is 5.75 Å². The highest BCUT2D eigenvalue weighted by Gasteiger charge is 2.13. The van der Waals surface area contributed by atoms with E-state index in [0.717, 1.165) is 18.6 Å². The van der Waals surface area contributed by atoms with E-state index < -0.39 is 0 Å². The van der Waals surface area contributed by atoms with Gasteiger partial charge in [0, 0.05) is 12.1 Å². The second kappa shape index (κ2) is 10.0. The van der Waals surface area contributed by atoms with Crippen molar-refractivity contribution in [2.45, 2.75) is 19.8 Å². The van der Waals surface area contributed by atoms with E-state index in [9.17, 15) is 9.59 Å². The summed E-state index contributed by atoms with van der Waals surface area (Å²) in [5.74, 6) is 0.189. The van der Waals surface area contributed by atoms with Crippen LogP contribution in [0.25, 0.3) is 0 Å². The molecule has 0 saturated carbocycles. The van der Waals surface area contributed by atoms with E-state index in [4.69, 9.17) is 4.74 Å². The van der Waals surface area contributed by atoms with E-state index in [-0.39, 0.29) is 11.8 Å². The molecule has 2 amide bonds. The third kappa shape index (κ3) is 5.48. The van der Waals surface area contributed by atoms with Gasteiger partial charge in [-0.05, 0) is 42.8 Å². The molecule has 0 unspecified atom stereocenters. The monoisotopic (exact) mass is 352 g/mol. The molecule has 0 aromatic heterocycles. The molecule has 0 aliphatic heterocycles. The van der Waals surface area contributed by atoms with E-state index in [0.29, 0.717) is 30.0 Å². The number of rotatable bonds is 9. The highest BCUT2D eigenvalue weighted by Crippen LogP contribution is 2.18. The smallest absolute Gasteiger partial charge is 0.255 e. The fourth-order valence-corrected chi connectivity index (χ4v) is 2.28. The van der Waals surface area contributed by atoms with Gasteiger partial charge in [-0.1, -0.05) is 31.6 Å². The summed E-state index contributed by atoms with van der Waals surface area (Å²) in [6.07, 6.45) is 3.66. The van der Waals surface area contributed by atoms with Gasteiger partial charge in [0.2, 0.25) is 0 Å². The fraction of sp³-hybridized carbons (Fsp3) is 0.238. The Labute approximate surface area is 154 Å². The van der Waals surface area contributed by atoms with Gasteiger partial charge >= 0.3 is 0 Å². The van der Waals surface area contributed by atoms with Crippen molar-refractivity contribution in [3.8, 4) is 5.75 Å². The molecule has 0 aliphatic rings. The quantitative estimate of drug-likeness (QED) is 0.529. The van der Waals surface area contributed by atoms with Crippen molar-refractivity contribution < 1.29 is 14.3 Å². The molecular formula is C21H24N2O3. The van der Waals surface area contributed by atoms with Gasteiger partial charge in [0.15, 0.2) is 0 Å². The lowest BCUT2D eigenvalue weighted by Gasteiger charge is -2.11. The molecule has 0 bridgehead atoms. The topological polar surface area (TPSA) is 67.4 Å². The number of nitrogens with one attached hydrogen (secondary N) is 2. The third-order valence-corrected chi connectivity index (χ3v) is 3.71. The number of carbonyl (C=O) groups excluding carboxylic acids is 2. The van der Waals surface area contributed by atoms with Gasteiger partial charge in [0.25, 0.3) is 11.8 Å². The maximum atomic E-state index is 12.5. The molecule has 2 aromatic carbocycles. The van der Waals surface area contributed by atoms with Crippen LogP contribution in [-0.4, -0.2) is 25.0 Å². The molecule has 0 spiro atoms. The van der Waals surface area contributed by atoms with Gasteiger partial charge in [-0.3, -0.25) is 9.59 Å². The van der Waals surface area contributed by atoms with Gasteiger partial charge < -0.3 is 15.4 Å². The number of unbranched alkanes of at least 4 members (excludes halogenated alkanes) is 1. The van der Waals surface area contributed by atoms with Crippen LogP contribution < -0.4 is 15.4 Å². The number of hydrogen-bond donors (Lipinski definition) is 2. The Kier molecular flexibility index (Phi) is 7.43. The summed E-state index contributed by atoms with van der Waals surface area (Å²) in [4.78, 5) is 24.7. The minimum Gasteiger partial charge on any atom is -0.494 e. The molecule has 0 saturated heterocycles. The van der Waals surface area contributed by atoms with E-state index in [2.05, 4.69) is 24.1 Å². The predicted octanol–water partition coefficient (Wildman–Crippen LogP) is 4.03. The van der Waals surface area contributed by atoms with Gasteiger partial charge in [-0.15, -0.1) is 6.58 Å². The Balaban J connectivity index is 2.05. The molecule has 0 aliphatic carbocycles. The summed E-state index contributed by atoms with van der Waals surface area (Å²) in [7, 11) is 0. The Morgan fingerprint density at radius 1 is 1.08 bits per heavy atom. The first-order chi connectivity index (χ1) is 12.7. The van der Waals surface area contributed by atoms with E-state index in [1.165, 1.54) is 0 Å².